The van der Waals surface area contributed by atoms with Crippen LogP contribution in [0.15, 0.2) is 0 Å². The molecule has 0 amide bonds. The van der Waals surface area contributed by atoms with Gasteiger partial charge in [-0.25, -0.2) is 4.98 Å². The molecule has 1 aromatic heterocycles. The lowest BCUT2D eigenvalue weighted by molar-refractivity contribution is 0.0976. The van der Waals surface area contributed by atoms with Gasteiger partial charge >= 0.3 is 0 Å². The van der Waals surface area contributed by atoms with Crippen LogP contribution in [-0.2, 0) is 6.42 Å². The zero-order valence-corrected chi connectivity index (χ0v) is 12.6. The third-order valence-electron chi connectivity index (χ3n) is 4.86. The molecule has 1 aromatic rings. The van der Waals surface area contributed by atoms with Crippen molar-refractivity contribution < 1.29 is 4.79 Å². The lowest BCUT2D eigenvalue weighted by atomic mass is 10.00. The van der Waals surface area contributed by atoms with Gasteiger partial charge in [0.1, 0.15) is 0 Å². The van der Waals surface area contributed by atoms with Crippen molar-refractivity contribution in [2.75, 3.05) is 31.1 Å². The van der Waals surface area contributed by atoms with Crippen molar-refractivity contribution >= 4 is 22.3 Å². The van der Waals surface area contributed by atoms with Crippen molar-refractivity contribution in [3.05, 3.63) is 10.6 Å². The summed E-state index contributed by atoms with van der Waals surface area (Å²) in [5, 5.41) is 1.09. The number of Topliss-reactive ketones (excluding diaryl/α,β-unsaturated/α-hetero) is 1. The predicted octanol–water partition coefficient (Wildman–Crippen LogP) is 2.34. The summed E-state index contributed by atoms with van der Waals surface area (Å²) >= 11 is 1.64. The summed E-state index contributed by atoms with van der Waals surface area (Å²) in [6, 6.07) is 0.703. The minimum absolute atomic E-state index is 0.311. The molecule has 108 valence electrons. The molecule has 0 radical (unpaired) electrons. The highest BCUT2D eigenvalue weighted by molar-refractivity contribution is 7.17. The molecule has 1 unspecified atom stereocenters. The number of piperazine rings is 1. The minimum atomic E-state index is 0.311. The SMILES string of the molecule is O=C1CCCc2nc(N3CCN4CCCCC4C3)sc21. The highest BCUT2D eigenvalue weighted by atomic mass is 32.1. The van der Waals surface area contributed by atoms with Crippen LogP contribution in [0.5, 0.6) is 0 Å². The summed E-state index contributed by atoms with van der Waals surface area (Å²) in [6.07, 6.45) is 6.72. The Morgan fingerprint density at radius 1 is 1.10 bits per heavy atom. The molecule has 0 bridgehead atoms. The van der Waals surface area contributed by atoms with Crippen molar-refractivity contribution in [3.63, 3.8) is 0 Å². The normalized spacial score (nSPS) is 27.3. The van der Waals surface area contributed by atoms with E-state index in [9.17, 15) is 4.79 Å². The van der Waals surface area contributed by atoms with Crippen LogP contribution in [0.3, 0.4) is 0 Å². The number of aryl methyl sites for hydroxylation is 1. The zero-order chi connectivity index (χ0) is 13.5. The van der Waals surface area contributed by atoms with Crippen LogP contribution in [0.4, 0.5) is 5.13 Å². The maximum atomic E-state index is 12.0. The van der Waals surface area contributed by atoms with Gasteiger partial charge in [-0.05, 0) is 32.2 Å². The molecule has 5 heteroatoms. The van der Waals surface area contributed by atoms with E-state index in [-0.39, 0.29) is 0 Å². The molecule has 4 nitrogen and oxygen atoms in total. The fourth-order valence-electron chi connectivity index (χ4n) is 3.72. The Bertz CT molecular complexity index is 527. The van der Waals surface area contributed by atoms with Crippen molar-refractivity contribution in [1.82, 2.24) is 9.88 Å². The number of aromatic nitrogens is 1. The quantitative estimate of drug-likeness (QED) is 0.796. The van der Waals surface area contributed by atoms with Crippen LogP contribution in [0, 0.1) is 0 Å². The number of fused-ring (bicyclic) bond motifs is 2. The Kier molecular flexibility index (Phi) is 3.27. The number of hydrogen-bond donors (Lipinski definition) is 0. The summed E-state index contributed by atoms with van der Waals surface area (Å²) in [4.78, 5) is 22.7. The fraction of sp³-hybridized carbons (Fsp3) is 0.733. The Balaban J connectivity index is 1.54. The van der Waals surface area contributed by atoms with Gasteiger partial charge in [0.05, 0.1) is 10.6 Å². The van der Waals surface area contributed by atoms with Crippen LogP contribution in [0.25, 0.3) is 0 Å². The van der Waals surface area contributed by atoms with Gasteiger partial charge in [0.2, 0.25) is 0 Å². The molecule has 0 aromatic carbocycles. The average Bonchev–Trinajstić information content (AvgIpc) is 2.92. The number of carbonyl (C=O) groups is 1. The molecule has 2 fully saturated rings. The average molecular weight is 291 g/mol. The Morgan fingerprint density at radius 3 is 2.95 bits per heavy atom. The van der Waals surface area contributed by atoms with E-state index < -0.39 is 0 Å². The maximum absolute atomic E-state index is 12.0. The number of hydrogen-bond acceptors (Lipinski definition) is 5. The Hall–Kier alpha value is -0.940. The van der Waals surface area contributed by atoms with Gasteiger partial charge in [-0.15, -0.1) is 0 Å². The lowest BCUT2D eigenvalue weighted by Crippen LogP contribution is -2.54. The van der Waals surface area contributed by atoms with Crippen molar-refractivity contribution in [2.45, 2.75) is 44.6 Å². The topological polar surface area (TPSA) is 36.4 Å². The van der Waals surface area contributed by atoms with E-state index in [1.54, 1.807) is 11.3 Å². The van der Waals surface area contributed by atoms with Crippen LogP contribution in [0.1, 0.15) is 47.5 Å². The van der Waals surface area contributed by atoms with E-state index in [1.807, 2.05) is 0 Å². The van der Waals surface area contributed by atoms with E-state index >= 15 is 0 Å². The number of anilines is 1. The van der Waals surface area contributed by atoms with Gasteiger partial charge in [-0.1, -0.05) is 17.8 Å². The maximum Gasteiger partial charge on any atom is 0.186 e. The zero-order valence-electron chi connectivity index (χ0n) is 11.8. The van der Waals surface area contributed by atoms with Gasteiger partial charge in [0.25, 0.3) is 0 Å². The monoisotopic (exact) mass is 291 g/mol. The van der Waals surface area contributed by atoms with E-state index in [2.05, 4.69) is 9.80 Å². The number of carbonyl (C=O) groups excluding carboxylic acids is 1. The van der Waals surface area contributed by atoms with Crippen molar-refractivity contribution in [3.8, 4) is 0 Å². The third kappa shape index (κ3) is 2.17. The number of thiazole rings is 1. The molecule has 1 aliphatic carbocycles. The number of nitrogens with zero attached hydrogens (tertiary/aromatic N) is 3. The van der Waals surface area contributed by atoms with E-state index in [0.717, 1.165) is 48.2 Å². The smallest absolute Gasteiger partial charge is 0.186 e. The fourth-order valence-corrected chi connectivity index (χ4v) is 4.84. The standard InChI is InChI=1S/C15H21N3OS/c19-13-6-3-5-12-14(13)20-15(16-12)18-9-8-17-7-2-1-4-11(17)10-18/h11H,1-10H2. The molecule has 2 saturated heterocycles. The molecule has 0 saturated carbocycles. The molecule has 0 spiro atoms. The van der Waals surface area contributed by atoms with Gasteiger partial charge in [-0.2, -0.15) is 0 Å². The number of rotatable bonds is 1. The molecule has 1 atom stereocenters. The molecule has 2 aliphatic heterocycles. The number of piperidine rings is 1. The third-order valence-corrected chi connectivity index (χ3v) is 6.06. The summed E-state index contributed by atoms with van der Waals surface area (Å²) < 4.78 is 0. The van der Waals surface area contributed by atoms with E-state index in [1.165, 1.54) is 25.8 Å². The second-order valence-electron chi connectivity index (χ2n) is 6.18. The second kappa shape index (κ2) is 5.11. The van der Waals surface area contributed by atoms with E-state index in [4.69, 9.17) is 4.98 Å². The van der Waals surface area contributed by atoms with Gasteiger partial charge in [-0.3, -0.25) is 9.69 Å². The lowest BCUT2D eigenvalue weighted by Gasteiger charge is -2.44. The largest absolute Gasteiger partial charge is 0.345 e. The van der Waals surface area contributed by atoms with Gasteiger partial charge in [0.15, 0.2) is 10.9 Å². The summed E-state index contributed by atoms with van der Waals surface area (Å²) in [6.45, 7) is 4.59. The summed E-state index contributed by atoms with van der Waals surface area (Å²) in [7, 11) is 0. The van der Waals surface area contributed by atoms with Crippen LogP contribution >= 0.6 is 11.3 Å². The predicted molar refractivity (Wildman–Crippen MR) is 80.8 cm³/mol. The van der Waals surface area contributed by atoms with Crippen LogP contribution in [0.2, 0.25) is 0 Å². The van der Waals surface area contributed by atoms with Crippen molar-refractivity contribution in [1.29, 1.82) is 0 Å². The van der Waals surface area contributed by atoms with E-state index in [0.29, 0.717) is 18.2 Å². The number of ketones is 1. The van der Waals surface area contributed by atoms with Crippen molar-refractivity contribution in [2.24, 2.45) is 0 Å². The molecular formula is C15H21N3OS. The molecule has 4 rings (SSSR count). The van der Waals surface area contributed by atoms with Gasteiger partial charge in [0, 0.05) is 32.1 Å². The molecule has 3 heterocycles. The van der Waals surface area contributed by atoms with Crippen LogP contribution < -0.4 is 4.90 Å². The Labute approximate surface area is 123 Å². The first kappa shape index (κ1) is 12.8. The molecule has 3 aliphatic rings. The first-order chi connectivity index (χ1) is 9.81. The Morgan fingerprint density at radius 2 is 2.05 bits per heavy atom. The molecule has 20 heavy (non-hydrogen) atoms. The first-order valence-corrected chi connectivity index (χ1v) is 8.65. The second-order valence-corrected chi connectivity index (χ2v) is 7.16. The highest BCUT2D eigenvalue weighted by Crippen LogP contribution is 2.33. The minimum Gasteiger partial charge on any atom is -0.345 e. The highest BCUT2D eigenvalue weighted by Gasteiger charge is 2.31. The first-order valence-electron chi connectivity index (χ1n) is 7.83. The molecule has 0 N–H and O–H groups in total. The van der Waals surface area contributed by atoms with Crippen LogP contribution in [-0.4, -0.2) is 47.9 Å². The van der Waals surface area contributed by atoms with Gasteiger partial charge < -0.3 is 4.90 Å². The summed E-state index contributed by atoms with van der Waals surface area (Å²) in [5.41, 5.74) is 1.06. The summed E-state index contributed by atoms with van der Waals surface area (Å²) in [5.74, 6) is 0.311. The molecular weight excluding hydrogens is 270 g/mol.